The Morgan fingerprint density at radius 2 is 2.14 bits per heavy atom. The average molecular weight is 300 g/mol. The third kappa shape index (κ3) is 3.34. The largest absolute Gasteiger partial charge is 0.351 e. The molecule has 0 radical (unpaired) electrons. The van der Waals surface area contributed by atoms with Gasteiger partial charge in [-0.1, -0.05) is 30.3 Å². The number of benzene rings is 1. The molecule has 1 amide bonds. The molecule has 4 heteroatoms. The van der Waals surface area contributed by atoms with Crippen LogP contribution in [0.2, 0.25) is 0 Å². The minimum atomic E-state index is -0.0817. The van der Waals surface area contributed by atoms with Gasteiger partial charge in [-0.2, -0.15) is 0 Å². The maximum atomic E-state index is 12.3. The molecular weight excluding hydrogens is 280 g/mol. The van der Waals surface area contributed by atoms with Gasteiger partial charge in [-0.05, 0) is 35.9 Å². The van der Waals surface area contributed by atoms with Gasteiger partial charge in [-0.3, -0.25) is 9.69 Å². The zero-order chi connectivity index (χ0) is 14.7. The topological polar surface area (TPSA) is 32.3 Å². The summed E-state index contributed by atoms with van der Waals surface area (Å²) in [4.78, 5) is 16.1. The third-order valence-electron chi connectivity index (χ3n) is 4.07. The van der Waals surface area contributed by atoms with Crippen LogP contribution in [0, 0.1) is 0 Å². The molecule has 0 bridgehead atoms. The molecule has 1 atom stereocenters. The van der Waals surface area contributed by atoms with Crippen molar-refractivity contribution in [1.29, 1.82) is 0 Å². The number of nitrogens with zero attached hydrogens (tertiary/aromatic N) is 1. The number of fused-ring (bicyclic) bond motifs is 1. The number of thiophene rings is 1. The van der Waals surface area contributed by atoms with Crippen LogP contribution in [0.15, 0.2) is 41.8 Å². The van der Waals surface area contributed by atoms with Gasteiger partial charge in [0.15, 0.2) is 0 Å². The summed E-state index contributed by atoms with van der Waals surface area (Å²) in [6.07, 6.45) is 1.06. The Hall–Kier alpha value is -1.65. The highest BCUT2D eigenvalue weighted by Crippen LogP contribution is 2.25. The molecule has 0 spiro atoms. The fourth-order valence-electron chi connectivity index (χ4n) is 2.70. The Labute approximate surface area is 129 Å². The molecule has 0 unspecified atom stereocenters. The lowest BCUT2D eigenvalue weighted by Crippen LogP contribution is -2.46. The van der Waals surface area contributed by atoms with Crippen LogP contribution in [-0.2, 0) is 24.3 Å². The van der Waals surface area contributed by atoms with E-state index in [1.165, 1.54) is 10.4 Å². The van der Waals surface area contributed by atoms with Crippen LogP contribution in [0.3, 0.4) is 0 Å². The highest BCUT2D eigenvalue weighted by atomic mass is 32.1. The van der Waals surface area contributed by atoms with E-state index < -0.39 is 0 Å². The number of amides is 1. The first-order valence-corrected chi connectivity index (χ1v) is 8.23. The first-order valence-electron chi connectivity index (χ1n) is 7.35. The zero-order valence-corrected chi connectivity index (χ0v) is 13.0. The lowest BCUT2D eigenvalue weighted by molar-refractivity contribution is -0.126. The Bertz CT molecular complexity index is 608. The lowest BCUT2D eigenvalue weighted by atomic mass is 10.1. The second-order valence-corrected chi connectivity index (χ2v) is 6.47. The van der Waals surface area contributed by atoms with E-state index in [1.54, 1.807) is 0 Å². The molecule has 1 aromatic heterocycles. The molecule has 0 fully saturated rings. The lowest BCUT2D eigenvalue weighted by Gasteiger charge is -2.31. The van der Waals surface area contributed by atoms with E-state index in [1.807, 2.05) is 48.6 Å². The quantitative estimate of drug-likeness (QED) is 0.941. The van der Waals surface area contributed by atoms with E-state index in [4.69, 9.17) is 0 Å². The maximum absolute atomic E-state index is 12.3. The van der Waals surface area contributed by atoms with Gasteiger partial charge in [0.25, 0.3) is 0 Å². The van der Waals surface area contributed by atoms with Gasteiger partial charge < -0.3 is 5.32 Å². The summed E-state index contributed by atoms with van der Waals surface area (Å²) in [5.74, 6) is 0.109. The summed E-state index contributed by atoms with van der Waals surface area (Å²) < 4.78 is 0. The second-order valence-electron chi connectivity index (χ2n) is 5.47. The van der Waals surface area contributed by atoms with Crippen LogP contribution in [0.1, 0.15) is 22.9 Å². The fourth-order valence-corrected chi connectivity index (χ4v) is 3.59. The highest BCUT2D eigenvalue weighted by Gasteiger charge is 2.25. The van der Waals surface area contributed by atoms with Gasteiger partial charge in [0.2, 0.25) is 5.91 Å². The van der Waals surface area contributed by atoms with Crippen LogP contribution in [0.25, 0.3) is 0 Å². The minimum Gasteiger partial charge on any atom is -0.351 e. The van der Waals surface area contributed by atoms with Crippen LogP contribution in [-0.4, -0.2) is 23.4 Å². The number of hydrogen-bond donors (Lipinski definition) is 1. The predicted octanol–water partition coefficient (Wildman–Crippen LogP) is 2.81. The van der Waals surface area contributed by atoms with E-state index in [-0.39, 0.29) is 11.9 Å². The molecule has 3 nitrogen and oxygen atoms in total. The fraction of sp³-hybridized carbons (Fsp3) is 0.353. The van der Waals surface area contributed by atoms with E-state index in [2.05, 4.69) is 21.7 Å². The first kappa shape index (κ1) is 14.3. The Morgan fingerprint density at radius 1 is 1.33 bits per heavy atom. The van der Waals surface area contributed by atoms with Gasteiger partial charge in [0, 0.05) is 24.5 Å². The molecule has 1 aliphatic heterocycles. The van der Waals surface area contributed by atoms with E-state index in [9.17, 15) is 4.79 Å². The molecule has 110 valence electrons. The van der Waals surface area contributed by atoms with Crippen LogP contribution >= 0.6 is 11.3 Å². The molecule has 3 rings (SSSR count). The molecule has 0 saturated carbocycles. The summed E-state index contributed by atoms with van der Waals surface area (Å²) >= 11 is 1.83. The second kappa shape index (κ2) is 6.41. The Morgan fingerprint density at radius 3 is 2.95 bits per heavy atom. The number of hydrogen-bond acceptors (Lipinski definition) is 3. The molecule has 1 N–H and O–H groups in total. The minimum absolute atomic E-state index is 0.0817. The summed E-state index contributed by atoms with van der Waals surface area (Å²) in [7, 11) is 0. The number of carbonyl (C=O) groups excluding carboxylic acids is 1. The van der Waals surface area contributed by atoms with Crippen molar-refractivity contribution < 1.29 is 4.79 Å². The van der Waals surface area contributed by atoms with Gasteiger partial charge in [0.1, 0.15) is 0 Å². The van der Waals surface area contributed by atoms with Gasteiger partial charge >= 0.3 is 0 Å². The number of carbonyl (C=O) groups is 1. The van der Waals surface area contributed by atoms with Gasteiger partial charge in [-0.15, -0.1) is 11.3 Å². The molecule has 1 aromatic carbocycles. The van der Waals surface area contributed by atoms with Crippen LogP contribution in [0.5, 0.6) is 0 Å². The normalized spacial score (nSPS) is 16.2. The molecule has 0 saturated heterocycles. The molecule has 21 heavy (non-hydrogen) atoms. The molecule has 1 aliphatic rings. The zero-order valence-electron chi connectivity index (χ0n) is 12.2. The number of nitrogens with one attached hydrogen (secondary N) is 1. The van der Waals surface area contributed by atoms with Crippen molar-refractivity contribution in [2.24, 2.45) is 0 Å². The van der Waals surface area contributed by atoms with Crippen molar-refractivity contribution in [1.82, 2.24) is 10.2 Å². The average Bonchev–Trinajstić information content (AvgIpc) is 3.00. The molecule has 2 aromatic rings. The summed E-state index contributed by atoms with van der Waals surface area (Å²) in [6.45, 7) is 4.45. The van der Waals surface area contributed by atoms with Crippen molar-refractivity contribution in [3.63, 3.8) is 0 Å². The van der Waals surface area contributed by atoms with Gasteiger partial charge in [0.05, 0.1) is 6.04 Å². The molecule has 0 aliphatic carbocycles. The third-order valence-corrected chi connectivity index (χ3v) is 5.10. The van der Waals surface area contributed by atoms with Crippen LogP contribution < -0.4 is 5.32 Å². The SMILES string of the molecule is C[C@H](C(=O)NCc1ccccc1)N1CCc2sccc2C1. The van der Waals surface area contributed by atoms with Crippen molar-refractivity contribution in [3.05, 3.63) is 57.8 Å². The first-order chi connectivity index (χ1) is 10.2. The summed E-state index contributed by atoms with van der Waals surface area (Å²) in [6, 6.07) is 12.1. The van der Waals surface area contributed by atoms with E-state index in [0.717, 1.165) is 25.1 Å². The van der Waals surface area contributed by atoms with E-state index >= 15 is 0 Å². The monoisotopic (exact) mass is 300 g/mol. The smallest absolute Gasteiger partial charge is 0.237 e. The van der Waals surface area contributed by atoms with Crippen molar-refractivity contribution in [2.75, 3.05) is 6.54 Å². The van der Waals surface area contributed by atoms with Crippen molar-refractivity contribution in [3.8, 4) is 0 Å². The summed E-state index contributed by atoms with van der Waals surface area (Å²) in [5, 5.41) is 5.18. The Balaban J connectivity index is 1.55. The molecular formula is C17H20N2OS. The Kier molecular flexibility index (Phi) is 4.36. The summed E-state index contributed by atoms with van der Waals surface area (Å²) in [5.41, 5.74) is 2.52. The van der Waals surface area contributed by atoms with E-state index in [0.29, 0.717) is 6.54 Å². The number of rotatable bonds is 4. The maximum Gasteiger partial charge on any atom is 0.237 e. The highest BCUT2D eigenvalue weighted by molar-refractivity contribution is 7.10. The standard InChI is InChI=1S/C17H20N2OS/c1-13(17(20)18-11-14-5-3-2-4-6-14)19-9-7-16-15(12-19)8-10-21-16/h2-6,8,10,13H,7,9,11-12H2,1H3,(H,18,20)/t13-/m1/s1. The van der Waals surface area contributed by atoms with Gasteiger partial charge in [-0.25, -0.2) is 0 Å². The van der Waals surface area contributed by atoms with Crippen LogP contribution in [0.4, 0.5) is 0 Å². The van der Waals surface area contributed by atoms with Crippen molar-refractivity contribution >= 4 is 17.2 Å². The molecule has 2 heterocycles. The predicted molar refractivity (Wildman–Crippen MR) is 86.2 cm³/mol. The van der Waals surface area contributed by atoms with Crippen molar-refractivity contribution in [2.45, 2.75) is 32.5 Å².